The molecule has 0 aliphatic heterocycles. The Morgan fingerprint density at radius 3 is 2.22 bits per heavy atom. The quantitative estimate of drug-likeness (QED) is 0.892. The van der Waals surface area contributed by atoms with E-state index in [-0.39, 0.29) is 5.56 Å². The number of carbonyl (C=O) groups is 1. The van der Waals surface area contributed by atoms with Crippen molar-refractivity contribution in [3.05, 3.63) is 34.9 Å². The van der Waals surface area contributed by atoms with Crippen LogP contribution >= 0.6 is 11.6 Å². The van der Waals surface area contributed by atoms with Gasteiger partial charge in [-0.25, -0.2) is 4.79 Å². The van der Waals surface area contributed by atoms with Crippen LogP contribution in [-0.2, 0) is 10.3 Å². The molecule has 0 amide bonds. The van der Waals surface area contributed by atoms with Gasteiger partial charge in [-0.15, -0.1) is 0 Å². The predicted octanol–water partition coefficient (Wildman–Crippen LogP) is 2.79. The summed E-state index contributed by atoms with van der Waals surface area (Å²) in [6, 6.07) is 5.60. The van der Waals surface area contributed by atoms with Crippen LogP contribution in [0.3, 0.4) is 0 Å². The highest BCUT2D eigenvalue weighted by Crippen LogP contribution is 2.24. The fourth-order valence-electron chi connectivity index (χ4n) is 1.36. The Kier molecular flexibility index (Phi) is 4.24. The molecule has 18 heavy (non-hydrogen) atoms. The second-order valence-electron chi connectivity index (χ2n) is 3.91. The normalized spacial score (nSPS) is 15.2. The van der Waals surface area contributed by atoms with Gasteiger partial charge in [-0.05, 0) is 24.6 Å². The van der Waals surface area contributed by atoms with Crippen molar-refractivity contribution in [2.45, 2.75) is 18.6 Å². The Morgan fingerprint density at radius 2 is 1.83 bits per heavy atom. The average Bonchev–Trinajstić information content (AvgIpc) is 2.25. The second-order valence-corrected chi connectivity index (χ2v) is 4.34. The Morgan fingerprint density at radius 1 is 1.33 bits per heavy atom. The van der Waals surface area contributed by atoms with Gasteiger partial charge < -0.3 is 5.11 Å². The van der Waals surface area contributed by atoms with Crippen LogP contribution in [0.4, 0.5) is 13.2 Å². The standard InChI is InChI=1S/C11H11ClF3NO2/c1-10(9(17)18,16-6-11(13,14)15)7-2-4-8(12)5-3-7/h2-5,16H,6H2,1H3,(H,17,18). The zero-order valence-corrected chi connectivity index (χ0v) is 10.1. The third-order valence-corrected chi connectivity index (χ3v) is 2.74. The maximum Gasteiger partial charge on any atom is 0.401 e. The van der Waals surface area contributed by atoms with Crippen LogP contribution in [0.15, 0.2) is 24.3 Å². The average molecular weight is 282 g/mol. The number of halogens is 4. The molecule has 0 aromatic heterocycles. The van der Waals surface area contributed by atoms with Crippen LogP contribution in [0.1, 0.15) is 12.5 Å². The van der Waals surface area contributed by atoms with Gasteiger partial charge in [0.05, 0.1) is 6.54 Å². The molecule has 3 nitrogen and oxygen atoms in total. The third kappa shape index (κ3) is 3.61. The Bertz CT molecular complexity index is 433. The van der Waals surface area contributed by atoms with E-state index in [4.69, 9.17) is 16.7 Å². The van der Waals surface area contributed by atoms with Gasteiger partial charge in [0.1, 0.15) is 5.54 Å². The number of hydrogen-bond donors (Lipinski definition) is 2. The molecule has 0 spiro atoms. The molecule has 1 atom stereocenters. The molecule has 1 aromatic carbocycles. The lowest BCUT2D eigenvalue weighted by atomic mass is 9.92. The Balaban J connectivity index is 3.00. The third-order valence-electron chi connectivity index (χ3n) is 2.49. The fraction of sp³-hybridized carbons (Fsp3) is 0.364. The van der Waals surface area contributed by atoms with Crippen LogP contribution in [0.5, 0.6) is 0 Å². The largest absolute Gasteiger partial charge is 0.480 e. The van der Waals surface area contributed by atoms with Crippen LogP contribution in [-0.4, -0.2) is 23.8 Å². The highest BCUT2D eigenvalue weighted by Gasteiger charge is 2.39. The molecule has 0 aliphatic carbocycles. The molecular weight excluding hydrogens is 271 g/mol. The molecule has 2 N–H and O–H groups in total. The van der Waals surface area contributed by atoms with Gasteiger partial charge in [0.2, 0.25) is 0 Å². The first-order valence-electron chi connectivity index (χ1n) is 4.96. The van der Waals surface area contributed by atoms with Crippen molar-refractivity contribution in [1.29, 1.82) is 0 Å². The molecule has 0 aliphatic rings. The van der Waals surface area contributed by atoms with Crippen LogP contribution in [0, 0.1) is 0 Å². The minimum absolute atomic E-state index is 0.198. The van der Waals surface area contributed by atoms with E-state index in [1.165, 1.54) is 31.2 Å². The summed E-state index contributed by atoms with van der Waals surface area (Å²) < 4.78 is 36.5. The summed E-state index contributed by atoms with van der Waals surface area (Å²) in [4.78, 5) is 11.2. The van der Waals surface area contributed by atoms with Crippen molar-refractivity contribution in [2.24, 2.45) is 0 Å². The lowest BCUT2D eigenvalue weighted by Gasteiger charge is -2.27. The van der Waals surface area contributed by atoms with E-state index in [9.17, 15) is 18.0 Å². The van der Waals surface area contributed by atoms with Crippen LogP contribution in [0.25, 0.3) is 0 Å². The van der Waals surface area contributed by atoms with Crippen molar-refractivity contribution >= 4 is 17.6 Å². The number of nitrogens with one attached hydrogen (secondary N) is 1. The van der Waals surface area contributed by atoms with E-state index in [0.29, 0.717) is 5.02 Å². The van der Waals surface area contributed by atoms with Gasteiger partial charge in [-0.3, -0.25) is 5.32 Å². The highest BCUT2D eigenvalue weighted by molar-refractivity contribution is 6.30. The zero-order chi connectivity index (χ0) is 14.0. The molecule has 0 saturated carbocycles. The van der Waals surface area contributed by atoms with E-state index < -0.39 is 24.2 Å². The SMILES string of the molecule is CC(NCC(F)(F)F)(C(=O)O)c1ccc(Cl)cc1. The van der Waals surface area contributed by atoms with Crippen LogP contribution in [0.2, 0.25) is 5.02 Å². The van der Waals surface area contributed by atoms with Crippen molar-refractivity contribution in [2.75, 3.05) is 6.54 Å². The van der Waals surface area contributed by atoms with Crippen molar-refractivity contribution in [3.63, 3.8) is 0 Å². The summed E-state index contributed by atoms with van der Waals surface area (Å²) in [7, 11) is 0. The first kappa shape index (κ1) is 14.8. The van der Waals surface area contributed by atoms with Crippen LogP contribution < -0.4 is 5.32 Å². The van der Waals surface area contributed by atoms with Crippen molar-refractivity contribution in [1.82, 2.24) is 5.32 Å². The second kappa shape index (κ2) is 5.16. The van der Waals surface area contributed by atoms with E-state index in [0.717, 1.165) is 0 Å². The molecule has 1 unspecified atom stereocenters. The fourth-order valence-corrected chi connectivity index (χ4v) is 1.49. The molecule has 0 fully saturated rings. The lowest BCUT2D eigenvalue weighted by Crippen LogP contribution is -2.50. The number of carboxylic acids is 1. The molecule has 7 heteroatoms. The van der Waals surface area contributed by atoms with Gasteiger partial charge in [0.25, 0.3) is 0 Å². The van der Waals surface area contributed by atoms with E-state index in [1.807, 2.05) is 5.32 Å². The Hall–Kier alpha value is -1.27. The maximum absolute atomic E-state index is 12.2. The highest BCUT2D eigenvalue weighted by atomic mass is 35.5. The summed E-state index contributed by atoms with van der Waals surface area (Å²) >= 11 is 5.64. The molecule has 0 radical (unpaired) electrons. The van der Waals surface area contributed by atoms with Gasteiger partial charge in [0.15, 0.2) is 0 Å². The Labute approximate surface area is 107 Å². The number of hydrogen-bond acceptors (Lipinski definition) is 2. The van der Waals surface area contributed by atoms with Gasteiger partial charge >= 0.3 is 12.1 Å². The molecule has 1 aromatic rings. The first-order valence-corrected chi connectivity index (χ1v) is 5.34. The van der Waals surface area contributed by atoms with Crippen molar-refractivity contribution < 1.29 is 23.1 Å². The number of alkyl halides is 3. The lowest BCUT2D eigenvalue weighted by molar-refractivity contribution is -0.150. The minimum Gasteiger partial charge on any atom is -0.480 e. The molecule has 1 rings (SSSR count). The van der Waals surface area contributed by atoms with Gasteiger partial charge in [0, 0.05) is 5.02 Å². The topological polar surface area (TPSA) is 49.3 Å². The number of rotatable bonds is 4. The summed E-state index contributed by atoms with van der Waals surface area (Å²) in [5.41, 5.74) is -1.62. The molecule has 100 valence electrons. The van der Waals surface area contributed by atoms with Gasteiger partial charge in [-0.1, -0.05) is 23.7 Å². The van der Waals surface area contributed by atoms with E-state index in [2.05, 4.69) is 0 Å². The summed E-state index contributed by atoms with van der Waals surface area (Å²) in [5, 5.41) is 11.5. The summed E-state index contributed by atoms with van der Waals surface area (Å²) in [6.45, 7) is -0.220. The molecule has 0 heterocycles. The predicted molar refractivity (Wildman–Crippen MR) is 60.5 cm³/mol. The van der Waals surface area contributed by atoms with E-state index >= 15 is 0 Å². The monoisotopic (exact) mass is 281 g/mol. The zero-order valence-electron chi connectivity index (χ0n) is 9.38. The van der Waals surface area contributed by atoms with Gasteiger partial charge in [-0.2, -0.15) is 13.2 Å². The summed E-state index contributed by atoms with van der Waals surface area (Å²) in [5.74, 6) is -1.39. The molecule has 0 bridgehead atoms. The summed E-state index contributed by atoms with van der Waals surface area (Å²) in [6.07, 6.45) is -4.48. The smallest absolute Gasteiger partial charge is 0.401 e. The van der Waals surface area contributed by atoms with Crippen molar-refractivity contribution in [3.8, 4) is 0 Å². The van der Waals surface area contributed by atoms with E-state index in [1.54, 1.807) is 0 Å². The molecular formula is C11H11ClF3NO2. The minimum atomic E-state index is -4.48. The number of carboxylic acid groups (broad SMARTS) is 1. The number of benzene rings is 1. The first-order chi connectivity index (χ1) is 8.15. The molecule has 0 saturated heterocycles. The maximum atomic E-state index is 12.2. The number of aliphatic carboxylic acids is 1.